The van der Waals surface area contributed by atoms with Gasteiger partial charge in [-0.1, -0.05) is 0 Å². The number of ether oxygens (including phenoxy) is 3. The Hall–Kier alpha value is -1.36. The van der Waals surface area contributed by atoms with E-state index in [9.17, 15) is 9.90 Å². The van der Waals surface area contributed by atoms with Crippen LogP contribution in [0, 0.1) is 11.3 Å². The van der Waals surface area contributed by atoms with Crippen LogP contribution in [0.2, 0.25) is 0 Å². The first-order valence-corrected chi connectivity index (χ1v) is 7.44. The van der Waals surface area contributed by atoms with Crippen molar-refractivity contribution in [2.75, 3.05) is 6.61 Å². The van der Waals surface area contributed by atoms with Crippen LogP contribution in [0.4, 0.5) is 4.79 Å². The molecule has 2 aliphatic rings. The molecule has 2 saturated heterocycles. The Morgan fingerprint density at radius 3 is 2.32 bits per heavy atom. The normalized spacial score (nSPS) is 33.4. The highest BCUT2D eigenvalue weighted by Crippen LogP contribution is 2.41. The molecule has 7 heteroatoms. The monoisotopic (exact) mass is 312 g/mol. The molecule has 0 aromatic rings. The molecule has 2 aliphatic heterocycles. The Bertz CT molecular complexity index is 479. The van der Waals surface area contributed by atoms with Gasteiger partial charge in [0.15, 0.2) is 5.79 Å². The van der Waals surface area contributed by atoms with E-state index in [0.717, 1.165) is 0 Å². The van der Waals surface area contributed by atoms with E-state index in [1.165, 1.54) is 4.90 Å². The van der Waals surface area contributed by atoms with Gasteiger partial charge in [-0.25, -0.2) is 4.79 Å². The van der Waals surface area contributed by atoms with Crippen LogP contribution in [0.1, 0.15) is 41.0 Å². The van der Waals surface area contributed by atoms with Gasteiger partial charge in [-0.2, -0.15) is 5.26 Å². The number of nitriles is 1. The Morgan fingerprint density at radius 2 is 1.86 bits per heavy atom. The second-order valence-electron chi connectivity index (χ2n) is 7.13. The number of carbonyl (C=O) groups is 1. The van der Waals surface area contributed by atoms with Gasteiger partial charge >= 0.3 is 6.09 Å². The van der Waals surface area contributed by atoms with Crippen LogP contribution in [0.3, 0.4) is 0 Å². The number of fused-ring (bicyclic) bond motifs is 1. The fourth-order valence-electron chi connectivity index (χ4n) is 3.06. The van der Waals surface area contributed by atoms with Gasteiger partial charge in [-0.05, 0) is 34.6 Å². The van der Waals surface area contributed by atoms with Gasteiger partial charge < -0.3 is 19.3 Å². The van der Waals surface area contributed by atoms with Crippen molar-refractivity contribution in [3.8, 4) is 6.07 Å². The molecule has 4 atom stereocenters. The average Bonchev–Trinajstić information content (AvgIpc) is 2.79. The number of amides is 1. The number of rotatable bonds is 2. The lowest BCUT2D eigenvalue weighted by molar-refractivity contribution is -0.168. The van der Waals surface area contributed by atoms with Crippen molar-refractivity contribution < 1.29 is 24.1 Å². The molecule has 2 fully saturated rings. The molecule has 22 heavy (non-hydrogen) atoms. The van der Waals surface area contributed by atoms with Crippen LogP contribution in [-0.2, 0) is 14.2 Å². The molecule has 0 aromatic heterocycles. The van der Waals surface area contributed by atoms with Crippen molar-refractivity contribution in [1.82, 2.24) is 4.90 Å². The predicted octanol–water partition coefficient (Wildman–Crippen LogP) is 1.40. The van der Waals surface area contributed by atoms with Crippen molar-refractivity contribution in [1.29, 1.82) is 5.26 Å². The highest BCUT2D eigenvalue weighted by atomic mass is 16.8. The van der Waals surface area contributed by atoms with Crippen LogP contribution in [-0.4, -0.2) is 58.4 Å². The predicted molar refractivity (Wildman–Crippen MR) is 76.8 cm³/mol. The molecule has 124 valence electrons. The summed E-state index contributed by atoms with van der Waals surface area (Å²) >= 11 is 0. The number of likely N-dealkylation sites (tertiary alicyclic amines) is 1. The summed E-state index contributed by atoms with van der Waals surface area (Å²) in [7, 11) is 0. The maximum Gasteiger partial charge on any atom is 0.411 e. The van der Waals surface area contributed by atoms with Crippen molar-refractivity contribution in [3.05, 3.63) is 0 Å². The molecule has 0 bridgehead atoms. The molecule has 7 nitrogen and oxygen atoms in total. The number of aliphatic hydroxyl groups excluding tert-OH is 1. The number of nitrogens with zero attached hydrogens (tertiary/aromatic N) is 2. The quantitative estimate of drug-likeness (QED) is 0.828. The zero-order valence-electron chi connectivity index (χ0n) is 13.7. The molecule has 2 rings (SSSR count). The number of aliphatic hydroxyl groups is 1. The highest BCUT2D eigenvalue weighted by Gasteiger charge is 2.59. The van der Waals surface area contributed by atoms with Crippen LogP contribution in [0.25, 0.3) is 0 Å². The van der Waals surface area contributed by atoms with E-state index < -0.39 is 41.8 Å². The molecule has 0 saturated carbocycles. The van der Waals surface area contributed by atoms with Gasteiger partial charge in [0.1, 0.15) is 17.8 Å². The first-order chi connectivity index (χ1) is 10.1. The summed E-state index contributed by atoms with van der Waals surface area (Å²) in [4.78, 5) is 13.9. The summed E-state index contributed by atoms with van der Waals surface area (Å²) in [5.41, 5.74) is -0.660. The topological polar surface area (TPSA) is 92.0 Å². The Balaban J connectivity index is 2.28. The third-order valence-electron chi connectivity index (χ3n) is 3.73. The zero-order valence-corrected chi connectivity index (χ0v) is 13.7. The summed E-state index contributed by atoms with van der Waals surface area (Å²) < 4.78 is 17.1. The summed E-state index contributed by atoms with van der Waals surface area (Å²) in [6.45, 7) is 8.59. The lowest BCUT2D eigenvalue weighted by Gasteiger charge is -2.34. The largest absolute Gasteiger partial charge is 0.444 e. The van der Waals surface area contributed by atoms with E-state index in [0.29, 0.717) is 0 Å². The minimum absolute atomic E-state index is 0.0936. The Morgan fingerprint density at radius 1 is 1.32 bits per heavy atom. The molecular weight excluding hydrogens is 288 g/mol. The van der Waals surface area contributed by atoms with Crippen LogP contribution < -0.4 is 0 Å². The van der Waals surface area contributed by atoms with E-state index in [1.54, 1.807) is 34.6 Å². The van der Waals surface area contributed by atoms with E-state index in [4.69, 9.17) is 19.5 Å². The minimum Gasteiger partial charge on any atom is -0.444 e. The van der Waals surface area contributed by atoms with Crippen molar-refractivity contribution >= 4 is 6.09 Å². The van der Waals surface area contributed by atoms with Crippen molar-refractivity contribution in [3.63, 3.8) is 0 Å². The molecule has 0 aromatic carbocycles. The van der Waals surface area contributed by atoms with Gasteiger partial charge in [-0.3, -0.25) is 4.90 Å². The Labute approximate surface area is 130 Å². The van der Waals surface area contributed by atoms with Gasteiger partial charge in [0.25, 0.3) is 0 Å². The van der Waals surface area contributed by atoms with E-state index in [2.05, 4.69) is 6.07 Å². The first-order valence-electron chi connectivity index (χ1n) is 7.44. The number of carbonyl (C=O) groups excluding carboxylic acids is 1. The van der Waals surface area contributed by atoms with Gasteiger partial charge in [0.05, 0.1) is 31.2 Å². The summed E-state index contributed by atoms with van der Waals surface area (Å²) in [6, 6.07) is 0.995. The molecule has 0 radical (unpaired) electrons. The fourth-order valence-corrected chi connectivity index (χ4v) is 3.06. The Kier molecular flexibility index (Phi) is 4.39. The standard InChI is InChI=1S/C15H24N2O5/c1-14(2,3)22-13(19)17-9(6-7-16)11-12(10(17)8-18)21-15(4,5)20-11/h9-12,18H,6,8H2,1-5H3. The van der Waals surface area contributed by atoms with Gasteiger partial charge in [0, 0.05) is 0 Å². The van der Waals surface area contributed by atoms with Crippen LogP contribution in [0.5, 0.6) is 0 Å². The second-order valence-corrected chi connectivity index (χ2v) is 7.13. The molecule has 0 spiro atoms. The molecule has 4 unspecified atom stereocenters. The van der Waals surface area contributed by atoms with E-state index in [-0.39, 0.29) is 13.0 Å². The smallest absolute Gasteiger partial charge is 0.411 e. The third kappa shape index (κ3) is 3.19. The SMILES string of the molecule is CC(C)(C)OC(=O)N1C(CO)C2OC(C)(C)OC2C1CC#N. The van der Waals surface area contributed by atoms with Crippen LogP contribution >= 0.6 is 0 Å². The first kappa shape index (κ1) is 17.0. The van der Waals surface area contributed by atoms with E-state index in [1.807, 2.05) is 0 Å². The van der Waals surface area contributed by atoms with Gasteiger partial charge in [0.2, 0.25) is 0 Å². The number of hydrogen-bond acceptors (Lipinski definition) is 6. The lowest BCUT2D eigenvalue weighted by Crippen LogP contribution is -2.49. The second kappa shape index (κ2) is 5.69. The van der Waals surface area contributed by atoms with Gasteiger partial charge in [-0.15, -0.1) is 0 Å². The molecular formula is C15H24N2O5. The zero-order chi connectivity index (χ0) is 16.7. The maximum atomic E-state index is 12.5. The summed E-state index contributed by atoms with van der Waals surface area (Å²) in [6.07, 6.45) is -1.38. The molecule has 0 aliphatic carbocycles. The van der Waals surface area contributed by atoms with Crippen LogP contribution in [0.15, 0.2) is 0 Å². The lowest BCUT2D eigenvalue weighted by atomic mass is 10.1. The maximum absolute atomic E-state index is 12.5. The van der Waals surface area contributed by atoms with Crippen molar-refractivity contribution in [2.45, 2.75) is 76.7 Å². The molecule has 1 N–H and O–H groups in total. The fraction of sp³-hybridized carbons (Fsp3) is 0.867. The van der Waals surface area contributed by atoms with E-state index >= 15 is 0 Å². The molecule has 2 heterocycles. The summed E-state index contributed by atoms with van der Waals surface area (Å²) in [5, 5.41) is 18.8. The summed E-state index contributed by atoms with van der Waals surface area (Å²) in [5.74, 6) is -0.795. The van der Waals surface area contributed by atoms with Crippen molar-refractivity contribution in [2.24, 2.45) is 0 Å². The molecule has 1 amide bonds. The minimum atomic E-state index is -0.795. The number of hydrogen-bond donors (Lipinski definition) is 1. The third-order valence-corrected chi connectivity index (χ3v) is 3.73. The average molecular weight is 312 g/mol. The highest BCUT2D eigenvalue weighted by molar-refractivity contribution is 5.70.